The monoisotopic (exact) mass is 768 g/mol. The minimum absolute atomic E-state index is 0.0807. The zero-order valence-corrected chi connectivity index (χ0v) is 32.5. The Labute approximate surface area is 345 Å². The molecule has 4 nitrogen and oxygen atoms in total. The molecule has 13 rings (SSSR count). The highest BCUT2D eigenvalue weighted by Gasteiger charge is 2.26. The van der Waals surface area contributed by atoms with Gasteiger partial charge in [-0.2, -0.15) is 0 Å². The molecule has 3 heterocycles. The Balaban J connectivity index is 1.06. The Morgan fingerprint density at radius 1 is 0.467 bits per heavy atom. The van der Waals surface area contributed by atoms with E-state index < -0.39 is 0 Å². The van der Waals surface area contributed by atoms with Gasteiger partial charge in [0.25, 0.3) is 0 Å². The van der Waals surface area contributed by atoms with Crippen LogP contribution in [0.3, 0.4) is 0 Å². The number of hydrogen-bond donors (Lipinski definition) is 0. The summed E-state index contributed by atoms with van der Waals surface area (Å²) in [7, 11) is 0. The zero-order chi connectivity index (χ0) is 39.3. The van der Waals surface area contributed by atoms with Crippen LogP contribution < -0.4 is 4.90 Å². The van der Waals surface area contributed by atoms with Crippen LogP contribution >= 0.6 is 0 Å². The molecule has 1 unspecified atom stereocenters. The van der Waals surface area contributed by atoms with Gasteiger partial charge < -0.3 is 18.3 Å². The van der Waals surface area contributed by atoms with Gasteiger partial charge in [0.2, 0.25) is 0 Å². The first-order valence-electron chi connectivity index (χ1n) is 20.7. The van der Waals surface area contributed by atoms with Crippen molar-refractivity contribution in [3.63, 3.8) is 0 Å². The van der Waals surface area contributed by atoms with Crippen molar-refractivity contribution in [1.82, 2.24) is 4.57 Å². The molecule has 0 saturated heterocycles. The van der Waals surface area contributed by atoms with Crippen molar-refractivity contribution in [3.05, 3.63) is 206 Å². The van der Waals surface area contributed by atoms with Crippen LogP contribution in [-0.2, 0) is 0 Å². The third kappa shape index (κ3) is 4.91. The summed E-state index contributed by atoms with van der Waals surface area (Å²) in [4.78, 5) is 2.46. The van der Waals surface area contributed by atoms with Gasteiger partial charge in [-0.15, -0.1) is 0 Å². The molecule has 3 aromatic heterocycles. The fourth-order valence-corrected chi connectivity index (χ4v) is 9.96. The molecule has 282 valence electrons. The summed E-state index contributed by atoms with van der Waals surface area (Å²) in [5, 5.41) is 11.6. The lowest BCUT2D eigenvalue weighted by Crippen LogP contribution is -2.20. The first kappa shape index (κ1) is 33.2. The van der Waals surface area contributed by atoms with Crippen molar-refractivity contribution in [2.75, 3.05) is 4.90 Å². The van der Waals surface area contributed by atoms with Gasteiger partial charge in [0, 0.05) is 54.6 Å². The molecule has 0 saturated carbocycles. The van der Waals surface area contributed by atoms with Crippen molar-refractivity contribution in [2.24, 2.45) is 0 Å². The van der Waals surface area contributed by atoms with E-state index in [-0.39, 0.29) is 6.04 Å². The van der Waals surface area contributed by atoms with Gasteiger partial charge in [-0.25, -0.2) is 0 Å². The third-order valence-electron chi connectivity index (χ3n) is 12.6. The average molecular weight is 769 g/mol. The molecule has 0 fully saturated rings. The van der Waals surface area contributed by atoms with Gasteiger partial charge in [0.15, 0.2) is 0 Å². The number of hydrogen-bond acceptors (Lipinski definition) is 3. The molecule has 9 aromatic carbocycles. The second-order valence-corrected chi connectivity index (χ2v) is 16.0. The molecule has 0 amide bonds. The van der Waals surface area contributed by atoms with E-state index in [2.05, 4.69) is 210 Å². The number of fused-ring (bicyclic) bond motifs is 12. The fourth-order valence-electron chi connectivity index (χ4n) is 9.96. The Morgan fingerprint density at radius 3 is 1.98 bits per heavy atom. The maximum atomic E-state index is 6.80. The maximum Gasteiger partial charge on any atom is 0.143 e. The number of para-hydroxylation sites is 3. The smallest absolute Gasteiger partial charge is 0.143 e. The number of anilines is 2. The van der Waals surface area contributed by atoms with Crippen LogP contribution in [0.25, 0.3) is 98.4 Å². The van der Waals surface area contributed by atoms with Gasteiger partial charge in [0.1, 0.15) is 22.3 Å². The lowest BCUT2D eigenvalue weighted by atomic mass is 9.97. The van der Waals surface area contributed by atoms with Gasteiger partial charge in [0.05, 0.1) is 22.8 Å². The minimum Gasteiger partial charge on any atom is -0.456 e. The SMILES string of the molecule is C1=CC(N(c2ccccc2-c2ccc3oc4cc5ccccc5cc4c3c2)c2cccc3oc4c5ccccc5ccc4c23)=CC(n2c3ccccc3c3ccccc32)C1. The van der Waals surface area contributed by atoms with Crippen LogP contribution in [0.2, 0.25) is 0 Å². The van der Waals surface area contributed by atoms with Crippen molar-refractivity contribution < 1.29 is 8.83 Å². The highest BCUT2D eigenvalue weighted by Crippen LogP contribution is 2.47. The number of rotatable bonds is 5. The van der Waals surface area contributed by atoms with E-state index in [9.17, 15) is 0 Å². The minimum atomic E-state index is 0.0807. The number of aromatic nitrogens is 1. The Kier molecular flexibility index (Phi) is 7.10. The van der Waals surface area contributed by atoms with Gasteiger partial charge in [-0.3, -0.25) is 0 Å². The number of allylic oxidation sites excluding steroid dienone is 3. The van der Waals surface area contributed by atoms with E-state index in [4.69, 9.17) is 8.83 Å². The highest BCUT2D eigenvalue weighted by atomic mass is 16.3. The Bertz CT molecular complexity index is 3730. The number of nitrogens with zero attached hydrogens (tertiary/aromatic N) is 2. The van der Waals surface area contributed by atoms with E-state index in [1.54, 1.807) is 0 Å². The molecule has 0 radical (unpaired) electrons. The van der Waals surface area contributed by atoms with Gasteiger partial charge >= 0.3 is 0 Å². The molecule has 1 atom stereocenters. The van der Waals surface area contributed by atoms with E-state index in [1.165, 1.54) is 32.6 Å². The van der Waals surface area contributed by atoms with Crippen molar-refractivity contribution >= 4 is 98.6 Å². The molecule has 1 aliphatic carbocycles. The zero-order valence-electron chi connectivity index (χ0n) is 32.5. The van der Waals surface area contributed by atoms with Gasteiger partial charge in [-0.05, 0) is 101 Å². The molecule has 1 aliphatic rings. The third-order valence-corrected chi connectivity index (χ3v) is 12.6. The number of benzene rings is 9. The quantitative estimate of drug-likeness (QED) is 0.175. The predicted molar refractivity (Wildman–Crippen MR) is 250 cm³/mol. The number of furan rings is 2. The first-order valence-corrected chi connectivity index (χ1v) is 20.7. The van der Waals surface area contributed by atoms with E-state index in [0.29, 0.717) is 0 Å². The maximum absolute atomic E-state index is 6.80. The standard InChI is InChI=1S/C56H36N2O2/c1-2-15-37-33-54-47(31-36(37)14-1)46-32-38(28-30-52(46)59-54)41-18-5-8-22-48(41)58(51-25-12-26-53-55(51)45-29-27-35-13-3-4-19-42(35)56(45)60-53)40-17-11-16-39(34-40)57-49-23-9-6-20-43(49)44-21-7-10-24-50(44)57/h1-15,17-34,39H,16H2. The van der Waals surface area contributed by atoms with Crippen LogP contribution in [0.15, 0.2) is 215 Å². The predicted octanol–water partition coefficient (Wildman–Crippen LogP) is 15.8. The van der Waals surface area contributed by atoms with Crippen molar-refractivity contribution in [1.29, 1.82) is 0 Å². The summed E-state index contributed by atoms with van der Waals surface area (Å²) >= 11 is 0. The average Bonchev–Trinajstić information content (AvgIpc) is 3.98. The highest BCUT2D eigenvalue weighted by molar-refractivity contribution is 6.20. The normalized spacial score (nSPS) is 14.5. The summed E-state index contributed by atoms with van der Waals surface area (Å²) in [6, 6.07) is 65.5. The molecule has 60 heavy (non-hydrogen) atoms. The first-order chi connectivity index (χ1) is 29.7. The molecule has 0 bridgehead atoms. The molecule has 0 N–H and O–H groups in total. The summed E-state index contributed by atoms with van der Waals surface area (Å²) < 4.78 is 15.8. The largest absolute Gasteiger partial charge is 0.456 e. The second kappa shape index (κ2) is 12.8. The van der Waals surface area contributed by atoms with E-state index in [0.717, 1.165) is 89.3 Å². The lowest BCUT2D eigenvalue weighted by molar-refractivity contribution is 0.641. The van der Waals surface area contributed by atoms with Crippen LogP contribution in [0.5, 0.6) is 0 Å². The van der Waals surface area contributed by atoms with Gasteiger partial charge in [-0.1, -0.05) is 127 Å². The molecular formula is C56H36N2O2. The Morgan fingerprint density at radius 2 is 1.15 bits per heavy atom. The lowest BCUT2D eigenvalue weighted by Gasteiger charge is -2.32. The van der Waals surface area contributed by atoms with E-state index >= 15 is 0 Å². The van der Waals surface area contributed by atoms with Crippen molar-refractivity contribution in [2.45, 2.75) is 12.5 Å². The summed E-state index contributed by atoms with van der Waals surface area (Å²) in [6.07, 6.45) is 7.99. The van der Waals surface area contributed by atoms with Crippen LogP contribution in [0.1, 0.15) is 12.5 Å². The summed E-state index contributed by atoms with van der Waals surface area (Å²) in [5.74, 6) is 0. The molecule has 12 aromatic rings. The molecule has 0 spiro atoms. The molecular weight excluding hydrogens is 733 g/mol. The second-order valence-electron chi connectivity index (χ2n) is 16.0. The van der Waals surface area contributed by atoms with Crippen LogP contribution in [0, 0.1) is 0 Å². The summed E-state index contributed by atoms with van der Waals surface area (Å²) in [5.41, 5.74) is 11.5. The molecule has 0 aliphatic heterocycles. The van der Waals surface area contributed by atoms with Crippen LogP contribution in [-0.4, -0.2) is 4.57 Å². The molecule has 4 heteroatoms. The fraction of sp³-hybridized carbons (Fsp3) is 0.0357. The topological polar surface area (TPSA) is 34.5 Å². The van der Waals surface area contributed by atoms with Crippen LogP contribution in [0.4, 0.5) is 11.4 Å². The van der Waals surface area contributed by atoms with E-state index in [1.807, 2.05) is 0 Å². The summed E-state index contributed by atoms with van der Waals surface area (Å²) in [6.45, 7) is 0. The van der Waals surface area contributed by atoms with Crippen molar-refractivity contribution in [3.8, 4) is 11.1 Å². The Hall–Kier alpha value is -7.82.